The summed E-state index contributed by atoms with van der Waals surface area (Å²) in [6.07, 6.45) is 13.6. The van der Waals surface area contributed by atoms with Gasteiger partial charge >= 0.3 is 0 Å². The van der Waals surface area contributed by atoms with Crippen LogP contribution in [-0.4, -0.2) is 0 Å². The third-order valence-corrected chi connectivity index (χ3v) is 5.06. The van der Waals surface area contributed by atoms with E-state index in [1.165, 1.54) is 62.5 Å². The molecule has 1 aliphatic rings. The van der Waals surface area contributed by atoms with E-state index < -0.39 is 0 Å². The number of nitrogens with zero attached hydrogens (tertiary/aromatic N) is 1. The first-order valence-electron chi connectivity index (χ1n) is 8.92. The molecule has 0 aromatic heterocycles. The minimum absolute atomic E-state index is 0.740. The molecule has 0 amide bonds. The van der Waals surface area contributed by atoms with Crippen molar-refractivity contribution in [2.24, 2.45) is 11.8 Å². The first kappa shape index (κ1) is 16.8. The smallest absolute Gasteiger partial charge is 0.0991 e. The standard InChI is InChI=1S/C21H29N/c1-3-4-5-6-18-7-9-19(10-8-18)15-17(2)21-13-11-20(16-22)12-14-21/h11-15,18-19H,3-10H2,1-2H3. The molecule has 0 spiro atoms. The average molecular weight is 295 g/mol. The molecule has 0 heterocycles. The van der Waals surface area contributed by atoms with Gasteiger partial charge in [-0.3, -0.25) is 0 Å². The van der Waals surface area contributed by atoms with Crippen LogP contribution in [0, 0.1) is 23.2 Å². The van der Waals surface area contributed by atoms with Crippen LogP contribution < -0.4 is 0 Å². The van der Waals surface area contributed by atoms with Crippen LogP contribution in [0.4, 0.5) is 0 Å². The van der Waals surface area contributed by atoms with Gasteiger partial charge in [-0.25, -0.2) is 0 Å². The lowest BCUT2D eigenvalue weighted by Gasteiger charge is -2.27. The minimum Gasteiger partial charge on any atom is -0.192 e. The number of hydrogen-bond acceptors (Lipinski definition) is 1. The molecule has 0 saturated heterocycles. The van der Waals surface area contributed by atoms with Crippen molar-refractivity contribution in [1.82, 2.24) is 0 Å². The van der Waals surface area contributed by atoms with Crippen molar-refractivity contribution in [2.75, 3.05) is 0 Å². The number of hydrogen-bond donors (Lipinski definition) is 0. The van der Waals surface area contributed by atoms with Crippen LogP contribution in [0.2, 0.25) is 0 Å². The van der Waals surface area contributed by atoms with E-state index >= 15 is 0 Å². The SMILES string of the molecule is CCCCCC1CCC(C=C(C)c2ccc(C#N)cc2)CC1. The Morgan fingerprint density at radius 2 is 1.82 bits per heavy atom. The highest BCUT2D eigenvalue weighted by Gasteiger charge is 2.19. The van der Waals surface area contributed by atoms with Crippen LogP contribution in [0.3, 0.4) is 0 Å². The average Bonchev–Trinajstić information content (AvgIpc) is 2.57. The van der Waals surface area contributed by atoms with Gasteiger partial charge in [0, 0.05) is 0 Å². The second-order valence-corrected chi connectivity index (χ2v) is 6.82. The highest BCUT2D eigenvalue weighted by atomic mass is 14.3. The fraction of sp³-hybridized carbons (Fsp3) is 0.571. The third-order valence-electron chi connectivity index (χ3n) is 5.06. The second-order valence-electron chi connectivity index (χ2n) is 6.82. The van der Waals surface area contributed by atoms with Crippen molar-refractivity contribution in [3.63, 3.8) is 0 Å². The monoisotopic (exact) mass is 295 g/mol. The van der Waals surface area contributed by atoms with E-state index in [-0.39, 0.29) is 0 Å². The van der Waals surface area contributed by atoms with Crippen molar-refractivity contribution < 1.29 is 0 Å². The molecule has 1 saturated carbocycles. The minimum atomic E-state index is 0.740. The van der Waals surface area contributed by atoms with Crippen LogP contribution in [0.25, 0.3) is 5.57 Å². The van der Waals surface area contributed by atoms with Gasteiger partial charge in [-0.05, 0) is 67.7 Å². The predicted octanol–water partition coefficient (Wildman–Crippen LogP) is 6.35. The van der Waals surface area contributed by atoms with Gasteiger partial charge in [0.25, 0.3) is 0 Å². The molecule has 118 valence electrons. The maximum absolute atomic E-state index is 8.87. The predicted molar refractivity (Wildman–Crippen MR) is 94.4 cm³/mol. The molecule has 1 nitrogen and oxygen atoms in total. The lowest BCUT2D eigenvalue weighted by molar-refractivity contribution is 0.289. The van der Waals surface area contributed by atoms with E-state index in [2.05, 4.69) is 38.1 Å². The Labute approximate surface area is 136 Å². The van der Waals surface area contributed by atoms with E-state index in [0.717, 1.165) is 17.4 Å². The molecule has 1 aromatic rings. The normalized spacial score (nSPS) is 22.3. The number of unbranched alkanes of at least 4 members (excludes halogenated alkanes) is 2. The number of benzene rings is 1. The third kappa shape index (κ3) is 5.02. The topological polar surface area (TPSA) is 23.8 Å². The van der Waals surface area contributed by atoms with E-state index in [1.807, 2.05) is 12.1 Å². The van der Waals surface area contributed by atoms with Crippen LogP contribution >= 0.6 is 0 Å². The van der Waals surface area contributed by atoms with Crippen LogP contribution in [-0.2, 0) is 0 Å². The van der Waals surface area contributed by atoms with E-state index in [9.17, 15) is 0 Å². The molecule has 1 heteroatoms. The summed E-state index contributed by atoms with van der Waals surface area (Å²) < 4.78 is 0. The van der Waals surface area contributed by atoms with E-state index in [4.69, 9.17) is 5.26 Å². The lowest BCUT2D eigenvalue weighted by atomic mass is 9.79. The fourth-order valence-corrected chi connectivity index (χ4v) is 3.58. The van der Waals surface area contributed by atoms with Crippen molar-refractivity contribution in [3.05, 3.63) is 41.5 Å². The summed E-state index contributed by atoms with van der Waals surface area (Å²) in [6, 6.07) is 10.1. The molecule has 0 bridgehead atoms. The Morgan fingerprint density at radius 3 is 2.41 bits per heavy atom. The van der Waals surface area contributed by atoms with Crippen molar-refractivity contribution in [2.45, 2.75) is 65.2 Å². The molecule has 2 rings (SSSR count). The lowest BCUT2D eigenvalue weighted by Crippen LogP contribution is -2.13. The summed E-state index contributed by atoms with van der Waals surface area (Å²) in [5, 5.41) is 8.87. The molecule has 0 unspecified atom stereocenters. The molecule has 22 heavy (non-hydrogen) atoms. The van der Waals surface area contributed by atoms with Gasteiger partial charge in [-0.1, -0.05) is 50.8 Å². The molecule has 0 N–H and O–H groups in total. The van der Waals surface area contributed by atoms with Crippen LogP contribution in [0.5, 0.6) is 0 Å². The van der Waals surface area contributed by atoms with E-state index in [1.54, 1.807) is 0 Å². The van der Waals surface area contributed by atoms with Gasteiger partial charge in [0.05, 0.1) is 11.6 Å². The molecule has 0 radical (unpaired) electrons. The Balaban J connectivity index is 1.84. The summed E-state index contributed by atoms with van der Waals surface area (Å²) in [5.41, 5.74) is 3.35. The highest BCUT2D eigenvalue weighted by molar-refractivity contribution is 5.64. The maximum atomic E-state index is 8.87. The van der Waals surface area contributed by atoms with Gasteiger partial charge in [0.15, 0.2) is 0 Å². The summed E-state index contributed by atoms with van der Waals surface area (Å²) in [6.45, 7) is 4.49. The van der Waals surface area contributed by atoms with Gasteiger partial charge in [0.1, 0.15) is 0 Å². The van der Waals surface area contributed by atoms with Gasteiger partial charge < -0.3 is 0 Å². The summed E-state index contributed by atoms with van der Waals surface area (Å²) in [4.78, 5) is 0. The van der Waals surface area contributed by atoms with Crippen molar-refractivity contribution >= 4 is 5.57 Å². The summed E-state index contributed by atoms with van der Waals surface area (Å²) >= 11 is 0. The van der Waals surface area contributed by atoms with Crippen molar-refractivity contribution in [1.29, 1.82) is 5.26 Å². The van der Waals surface area contributed by atoms with Crippen LogP contribution in [0.15, 0.2) is 30.3 Å². The molecule has 1 aliphatic carbocycles. The summed E-state index contributed by atoms with van der Waals surface area (Å²) in [7, 11) is 0. The Kier molecular flexibility index (Phi) is 6.72. The first-order valence-corrected chi connectivity index (χ1v) is 8.92. The highest BCUT2D eigenvalue weighted by Crippen LogP contribution is 2.34. The molecular weight excluding hydrogens is 266 g/mol. The van der Waals surface area contributed by atoms with Gasteiger partial charge in [-0.2, -0.15) is 5.26 Å². The number of allylic oxidation sites excluding steroid dienone is 2. The Morgan fingerprint density at radius 1 is 1.14 bits per heavy atom. The Bertz CT molecular complexity index is 510. The van der Waals surface area contributed by atoms with Crippen LogP contribution in [0.1, 0.15) is 76.3 Å². The first-order chi connectivity index (χ1) is 10.7. The van der Waals surface area contributed by atoms with Gasteiger partial charge in [-0.15, -0.1) is 0 Å². The largest absolute Gasteiger partial charge is 0.192 e. The molecular formula is C21H29N. The fourth-order valence-electron chi connectivity index (χ4n) is 3.58. The zero-order valence-corrected chi connectivity index (χ0v) is 14.1. The second kappa shape index (κ2) is 8.79. The quantitative estimate of drug-likeness (QED) is 0.561. The molecule has 0 aliphatic heterocycles. The van der Waals surface area contributed by atoms with Crippen molar-refractivity contribution in [3.8, 4) is 6.07 Å². The van der Waals surface area contributed by atoms with E-state index in [0.29, 0.717) is 0 Å². The number of rotatable bonds is 6. The summed E-state index contributed by atoms with van der Waals surface area (Å²) in [5.74, 6) is 1.73. The Hall–Kier alpha value is -1.55. The molecule has 1 fully saturated rings. The zero-order valence-electron chi connectivity index (χ0n) is 14.1. The zero-order chi connectivity index (χ0) is 15.8. The number of nitriles is 1. The molecule has 0 atom stereocenters. The van der Waals surface area contributed by atoms with Gasteiger partial charge in [0.2, 0.25) is 0 Å². The maximum Gasteiger partial charge on any atom is 0.0991 e. The molecule has 1 aromatic carbocycles.